The van der Waals surface area contributed by atoms with Crippen LogP contribution in [0.15, 0.2) is 36.7 Å². The number of ketones is 2. The largest absolute Gasteiger partial charge is 0.507 e. The van der Waals surface area contributed by atoms with Gasteiger partial charge in [-0.25, -0.2) is 4.79 Å². The van der Waals surface area contributed by atoms with E-state index in [0.717, 1.165) is 6.42 Å². The number of phenols is 1. The number of aromatic hydroxyl groups is 1. The number of urea groups is 1. The summed E-state index contributed by atoms with van der Waals surface area (Å²) in [6, 6.07) is 2.55. The minimum atomic E-state index is -0.768. The van der Waals surface area contributed by atoms with Crippen molar-refractivity contribution in [3.8, 4) is 5.75 Å². The third-order valence-electron chi connectivity index (χ3n) is 5.02. The number of nitrogens with zero attached hydrogens (tertiary/aromatic N) is 1. The Kier molecular flexibility index (Phi) is 7.14. The summed E-state index contributed by atoms with van der Waals surface area (Å²) >= 11 is 0. The maximum absolute atomic E-state index is 13.4. The Morgan fingerprint density at radius 3 is 2.00 bits per heavy atom. The first kappa shape index (κ1) is 24.4. The second-order valence-electron chi connectivity index (χ2n) is 10.1. The summed E-state index contributed by atoms with van der Waals surface area (Å²) in [4.78, 5) is 40.5. The molecule has 0 saturated carbocycles. The highest BCUT2D eigenvalue weighted by atomic mass is 16.3. The standard InChI is InChI=1S/C25H34N2O4/c1-16(26-23(31)27-13-9-8-10-14-27)15-17-11-12-18(28)20(22(30)25(5,6)7)19(17)21(29)24(2,3)4/h9-14,16,28H,8,15H2,1-7H3,(H,26,31). The smallest absolute Gasteiger partial charge is 0.325 e. The summed E-state index contributed by atoms with van der Waals surface area (Å²) in [6.45, 7) is 12.5. The fourth-order valence-electron chi connectivity index (χ4n) is 3.32. The highest BCUT2D eigenvalue weighted by Crippen LogP contribution is 2.35. The SMILES string of the molecule is CC(Cc1ccc(O)c(C(=O)C(C)(C)C)c1C(=O)C(C)(C)C)NC(=O)N1C=CCC=C1. The van der Waals surface area contributed by atoms with Crippen molar-refractivity contribution in [3.05, 3.63) is 53.4 Å². The summed E-state index contributed by atoms with van der Waals surface area (Å²) in [7, 11) is 0. The van der Waals surface area contributed by atoms with Crippen LogP contribution in [0.4, 0.5) is 4.79 Å². The van der Waals surface area contributed by atoms with Crippen molar-refractivity contribution >= 4 is 17.6 Å². The molecule has 0 spiro atoms. The first-order valence-corrected chi connectivity index (χ1v) is 10.6. The quantitative estimate of drug-likeness (QED) is 0.632. The first-order chi connectivity index (χ1) is 14.2. The third kappa shape index (κ3) is 5.84. The van der Waals surface area contributed by atoms with Crippen LogP contribution in [0.25, 0.3) is 0 Å². The summed E-state index contributed by atoms with van der Waals surface area (Å²) in [5, 5.41) is 13.5. The monoisotopic (exact) mass is 426 g/mol. The van der Waals surface area contributed by atoms with E-state index in [1.807, 2.05) is 19.1 Å². The summed E-state index contributed by atoms with van der Waals surface area (Å²) in [5.74, 6) is -0.706. The van der Waals surface area contributed by atoms with Crippen LogP contribution in [0, 0.1) is 10.8 Å². The molecule has 1 aliphatic rings. The average molecular weight is 427 g/mol. The van der Waals surface area contributed by atoms with Crippen LogP contribution in [0.2, 0.25) is 0 Å². The van der Waals surface area contributed by atoms with Crippen molar-refractivity contribution in [2.75, 3.05) is 0 Å². The van der Waals surface area contributed by atoms with Crippen LogP contribution in [0.3, 0.4) is 0 Å². The van der Waals surface area contributed by atoms with Gasteiger partial charge in [0.05, 0.1) is 5.56 Å². The number of nitrogens with one attached hydrogen (secondary N) is 1. The maximum atomic E-state index is 13.4. The van der Waals surface area contributed by atoms with Gasteiger partial charge < -0.3 is 10.4 Å². The number of benzene rings is 1. The van der Waals surface area contributed by atoms with Gasteiger partial charge in [-0.05, 0) is 31.4 Å². The molecule has 0 aromatic heterocycles. The molecule has 6 nitrogen and oxygen atoms in total. The molecular formula is C25H34N2O4. The minimum Gasteiger partial charge on any atom is -0.507 e. The molecule has 31 heavy (non-hydrogen) atoms. The zero-order valence-corrected chi connectivity index (χ0v) is 19.6. The summed E-state index contributed by atoms with van der Waals surface area (Å²) in [5.41, 5.74) is -0.583. The molecule has 1 aromatic carbocycles. The molecule has 1 aliphatic heterocycles. The van der Waals surface area contributed by atoms with E-state index >= 15 is 0 Å². The Hall–Kier alpha value is -2.89. The second-order valence-corrected chi connectivity index (χ2v) is 10.1. The fourth-order valence-corrected chi connectivity index (χ4v) is 3.32. The Morgan fingerprint density at radius 2 is 1.48 bits per heavy atom. The minimum absolute atomic E-state index is 0.0605. The molecule has 1 heterocycles. The van der Waals surface area contributed by atoms with Gasteiger partial charge in [-0.3, -0.25) is 14.5 Å². The van der Waals surface area contributed by atoms with Crippen molar-refractivity contribution in [2.45, 2.75) is 67.3 Å². The number of amides is 2. The molecule has 1 aromatic rings. The third-order valence-corrected chi connectivity index (χ3v) is 5.02. The van der Waals surface area contributed by atoms with Crippen molar-refractivity contribution in [1.29, 1.82) is 0 Å². The molecule has 2 rings (SSSR count). The highest BCUT2D eigenvalue weighted by molar-refractivity contribution is 6.14. The van der Waals surface area contributed by atoms with Crippen molar-refractivity contribution in [1.82, 2.24) is 10.2 Å². The molecular weight excluding hydrogens is 392 g/mol. The van der Waals surface area contributed by atoms with E-state index in [1.54, 1.807) is 60.0 Å². The Balaban J connectivity index is 2.44. The van der Waals surface area contributed by atoms with Crippen LogP contribution >= 0.6 is 0 Å². The Labute approximate surface area is 185 Å². The predicted molar refractivity (Wildman–Crippen MR) is 122 cm³/mol. The topological polar surface area (TPSA) is 86.7 Å². The molecule has 168 valence electrons. The number of allylic oxidation sites excluding steroid dienone is 2. The van der Waals surface area contributed by atoms with Crippen LogP contribution in [-0.2, 0) is 6.42 Å². The molecule has 2 N–H and O–H groups in total. The van der Waals surface area contributed by atoms with Gasteiger partial charge in [0.1, 0.15) is 5.75 Å². The number of phenolic OH excluding ortho intramolecular Hbond substituents is 1. The Bertz CT molecular complexity index is 918. The molecule has 6 heteroatoms. The van der Waals surface area contributed by atoms with Crippen LogP contribution < -0.4 is 5.32 Å². The zero-order valence-electron chi connectivity index (χ0n) is 19.6. The normalized spacial score (nSPS) is 15.0. The molecule has 0 bridgehead atoms. The number of Topliss-reactive ketones (excluding diaryl/α,β-unsaturated/α-hetero) is 2. The van der Waals surface area contributed by atoms with Gasteiger partial charge in [-0.15, -0.1) is 0 Å². The molecule has 0 aliphatic carbocycles. The van der Waals surface area contributed by atoms with Gasteiger partial charge in [0, 0.05) is 34.8 Å². The number of hydrogen-bond donors (Lipinski definition) is 2. The average Bonchev–Trinajstić information content (AvgIpc) is 2.67. The van der Waals surface area contributed by atoms with E-state index in [1.165, 1.54) is 11.0 Å². The van der Waals surface area contributed by atoms with E-state index in [2.05, 4.69) is 5.32 Å². The van der Waals surface area contributed by atoms with E-state index in [-0.39, 0.29) is 40.5 Å². The number of carbonyl (C=O) groups excluding carboxylic acids is 3. The second kappa shape index (κ2) is 9.08. The van der Waals surface area contributed by atoms with Gasteiger partial charge in [0.15, 0.2) is 11.6 Å². The highest BCUT2D eigenvalue weighted by Gasteiger charge is 2.35. The van der Waals surface area contributed by atoms with Gasteiger partial charge in [-0.1, -0.05) is 59.8 Å². The molecule has 1 unspecified atom stereocenters. The van der Waals surface area contributed by atoms with Gasteiger partial charge in [-0.2, -0.15) is 0 Å². The molecule has 1 atom stereocenters. The lowest BCUT2D eigenvalue weighted by Crippen LogP contribution is -2.40. The van der Waals surface area contributed by atoms with E-state index < -0.39 is 10.8 Å². The Morgan fingerprint density at radius 1 is 0.968 bits per heavy atom. The lowest BCUT2D eigenvalue weighted by molar-refractivity contribution is 0.0819. The lowest BCUT2D eigenvalue weighted by Gasteiger charge is -2.26. The van der Waals surface area contributed by atoms with Gasteiger partial charge >= 0.3 is 6.03 Å². The van der Waals surface area contributed by atoms with Crippen molar-refractivity contribution in [3.63, 3.8) is 0 Å². The summed E-state index contributed by atoms with van der Waals surface area (Å²) in [6.07, 6.45) is 8.31. The van der Waals surface area contributed by atoms with Crippen LogP contribution in [0.5, 0.6) is 5.75 Å². The summed E-state index contributed by atoms with van der Waals surface area (Å²) < 4.78 is 0. The molecule has 2 amide bonds. The number of carbonyl (C=O) groups is 3. The van der Waals surface area contributed by atoms with E-state index in [4.69, 9.17) is 0 Å². The molecule has 0 fully saturated rings. The van der Waals surface area contributed by atoms with Crippen molar-refractivity contribution < 1.29 is 19.5 Å². The molecule has 0 radical (unpaired) electrons. The maximum Gasteiger partial charge on any atom is 0.325 e. The van der Waals surface area contributed by atoms with Gasteiger partial charge in [0.2, 0.25) is 0 Å². The first-order valence-electron chi connectivity index (χ1n) is 10.6. The number of rotatable bonds is 5. The van der Waals surface area contributed by atoms with E-state index in [0.29, 0.717) is 12.0 Å². The lowest BCUT2D eigenvalue weighted by atomic mass is 9.77. The van der Waals surface area contributed by atoms with E-state index in [9.17, 15) is 19.5 Å². The molecule has 0 saturated heterocycles. The fraction of sp³-hybridized carbons (Fsp3) is 0.480. The predicted octanol–water partition coefficient (Wildman–Crippen LogP) is 5.22. The van der Waals surface area contributed by atoms with Crippen LogP contribution in [-0.4, -0.2) is 33.6 Å². The van der Waals surface area contributed by atoms with Crippen molar-refractivity contribution in [2.24, 2.45) is 10.8 Å². The van der Waals surface area contributed by atoms with Crippen LogP contribution in [0.1, 0.15) is 81.2 Å². The van der Waals surface area contributed by atoms with Gasteiger partial charge in [0.25, 0.3) is 0 Å². The number of hydrogen-bond acceptors (Lipinski definition) is 4. The zero-order chi connectivity index (χ0) is 23.6.